The summed E-state index contributed by atoms with van der Waals surface area (Å²) in [5.41, 5.74) is -0.307. The predicted molar refractivity (Wildman–Crippen MR) is 91.7 cm³/mol. The van der Waals surface area contributed by atoms with E-state index < -0.39 is 23.8 Å². The third-order valence-electron chi connectivity index (χ3n) is 3.71. The molecular weight excluding hydrogens is 363 g/mol. The molecule has 0 aromatic heterocycles. The second-order valence-electron chi connectivity index (χ2n) is 5.52. The zero-order valence-corrected chi connectivity index (χ0v) is 13.6. The summed E-state index contributed by atoms with van der Waals surface area (Å²) in [5.74, 6) is -3.16. The molecule has 0 heterocycles. The van der Waals surface area contributed by atoms with Gasteiger partial charge in [0.25, 0.3) is 0 Å². The number of phenols is 1. The van der Waals surface area contributed by atoms with Gasteiger partial charge in [-0.05, 0) is 24.3 Å². The molecule has 0 atom stereocenters. The molecule has 0 aliphatic carbocycles. The van der Waals surface area contributed by atoms with Gasteiger partial charge in [-0.2, -0.15) is 13.2 Å². The summed E-state index contributed by atoms with van der Waals surface area (Å²) in [6.07, 6.45) is -5.05. The van der Waals surface area contributed by atoms with E-state index in [1.165, 1.54) is 30.3 Å². The number of anilines is 1. The molecule has 8 heteroatoms. The van der Waals surface area contributed by atoms with Gasteiger partial charge in [0.1, 0.15) is 17.1 Å². The Kier molecular flexibility index (Phi) is 4.72. The zero-order chi connectivity index (χ0) is 19.6. The Bertz CT molecular complexity index is 1020. The monoisotopic (exact) mass is 375 g/mol. The highest BCUT2D eigenvalue weighted by Crippen LogP contribution is 2.34. The fraction of sp³-hybridized carbons (Fsp3) is 0.0526. The molecule has 0 bridgehead atoms. The Morgan fingerprint density at radius 1 is 0.889 bits per heavy atom. The molecule has 2 N–H and O–H groups in total. The minimum absolute atomic E-state index is 0.0949. The number of esters is 1. The van der Waals surface area contributed by atoms with Crippen molar-refractivity contribution in [2.24, 2.45) is 0 Å². The molecule has 0 radical (unpaired) electrons. The Morgan fingerprint density at radius 3 is 2.26 bits per heavy atom. The number of benzene rings is 3. The van der Waals surface area contributed by atoms with Crippen molar-refractivity contribution in [1.29, 1.82) is 0 Å². The lowest BCUT2D eigenvalue weighted by Crippen LogP contribution is -2.29. The molecule has 5 nitrogen and oxygen atoms in total. The van der Waals surface area contributed by atoms with Crippen LogP contribution in [0.2, 0.25) is 0 Å². The number of rotatable bonds is 3. The number of carbonyl (C=O) groups is 2. The highest BCUT2D eigenvalue weighted by molar-refractivity contribution is 6.08. The van der Waals surface area contributed by atoms with Gasteiger partial charge in [-0.3, -0.25) is 4.79 Å². The Morgan fingerprint density at radius 2 is 1.59 bits per heavy atom. The second-order valence-corrected chi connectivity index (χ2v) is 5.52. The van der Waals surface area contributed by atoms with Crippen LogP contribution in [0.4, 0.5) is 18.9 Å². The zero-order valence-electron chi connectivity index (χ0n) is 13.6. The van der Waals surface area contributed by atoms with Crippen LogP contribution in [0.1, 0.15) is 10.4 Å². The summed E-state index contributed by atoms with van der Waals surface area (Å²) in [6, 6.07) is 14.7. The average Bonchev–Trinajstić information content (AvgIpc) is 2.62. The number of aromatic hydroxyl groups is 1. The highest BCUT2D eigenvalue weighted by Gasteiger charge is 2.38. The largest absolute Gasteiger partial charge is 0.506 e. The summed E-state index contributed by atoms with van der Waals surface area (Å²) in [4.78, 5) is 23.4. The predicted octanol–water partition coefficient (Wildman–Crippen LogP) is 4.27. The first-order valence-corrected chi connectivity index (χ1v) is 7.67. The standard InChI is InChI=1S/C19H12F3NO4/c20-19(21,22)18(26)23-15-8-4-7-13-12(15)9-10-14(16(13)24)17(25)27-11-5-2-1-3-6-11/h1-10,24H,(H,23,26). The van der Waals surface area contributed by atoms with Gasteiger partial charge < -0.3 is 15.2 Å². The van der Waals surface area contributed by atoms with E-state index in [0.29, 0.717) is 0 Å². The van der Waals surface area contributed by atoms with Gasteiger partial charge in [-0.25, -0.2) is 4.79 Å². The Balaban J connectivity index is 1.96. The van der Waals surface area contributed by atoms with Crippen molar-refractivity contribution >= 4 is 28.3 Å². The molecule has 0 unspecified atom stereocenters. The number of halogens is 3. The third-order valence-corrected chi connectivity index (χ3v) is 3.71. The maximum Gasteiger partial charge on any atom is 0.471 e. The van der Waals surface area contributed by atoms with Crippen LogP contribution in [0.3, 0.4) is 0 Å². The quantitative estimate of drug-likeness (QED) is 0.530. The third kappa shape index (κ3) is 3.84. The van der Waals surface area contributed by atoms with Gasteiger partial charge in [0.05, 0.1) is 0 Å². The average molecular weight is 375 g/mol. The number of alkyl halides is 3. The fourth-order valence-electron chi connectivity index (χ4n) is 2.46. The van der Waals surface area contributed by atoms with Crippen LogP contribution in [-0.2, 0) is 4.79 Å². The summed E-state index contributed by atoms with van der Waals surface area (Å²) in [5, 5.41) is 12.4. The van der Waals surface area contributed by atoms with Crippen molar-refractivity contribution in [3.05, 3.63) is 66.2 Å². The Labute approximate surface area is 151 Å². The minimum atomic E-state index is -5.05. The van der Waals surface area contributed by atoms with Crippen LogP contribution in [0, 0.1) is 0 Å². The number of amides is 1. The van der Waals surface area contributed by atoms with Gasteiger partial charge >= 0.3 is 18.1 Å². The number of hydrogen-bond donors (Lipinski definition) is 2. The first-order chi connectivity index (χ1) is 12.8. The van der Waals surface area contributed by atoms with Gasteiger partial charge in [-0.15, -0.1) is 0 Å². The minimum Gasteiger partial charge on any atom is -0.506 e. The van der Waals surface area contributed by atoms with Gasteiger partial charge in [0, 0.05) is 16.5 Å². The van der Waals surface area contributed by atoms with E-state index >= 15 is 0 Å². The van der Waals surface area contributed by atoms with E-state index in [0.717, 1.165) is 0 Å². The molecule has 0 saturated carbocycles. The van der Waals surface area contributed by atoms with Crippen molar-refractivity contribution < 1.29 is 32.6 Å². The topological polar surface area (TPSA) is 75.6 Å². The first kappa shape index (κ1) is 18.2. The number of para-hydroxylation sites is 1. The van der Waals surface area contributed by atoms with Gasteiger partial charge in [0.15, 0.2) is 0 Å². The maximum atomic E-state index is 12.5. The van der Waals surface area contributed by atoms with Crippen molar-refractivity contribution in [2.45, 2.75) is 6.18 Å². The lowest BCUT2D eigenvalue weighted by atomic mass is 10.0. The Hall–Kier alpha value is -3.55. The van der Waals surface area contributed by atoms with E-state index in [1.54, 1.807) is 35.6 Å². The van der Waals surface area contributed by atoms with Crippen LogP contribution >= 0.6 is 0 Å². The molecule has 0 spiro atoms. The number of hydrogen-bond acceptors (Lipinski definition) is 4. The van der Waals surface area contributed by atoms with Gasteiger partial charge in [-0.1, -0.05) is 36.4 Å². The number of phenolic OH excluding ortho intramolecular Hbond substituents is 1. The van der Waals surface area contributed by atoms with E-state index in [9.17, 15) is 27.9 Å². The normalized spacial score (nSPS) is 11.2. The molecule has 0 saturated heterocycles. The van der Waals surface area contributed by atoms with E-state index in [-0.39, 0.29) is 27.8 Å². The molecule has 0 aliphatic heterocycles. The molecule has 0 fully saturated rings. The lowest BCUT2D eigenvalue weighted by Gasteiger charge is -2.13. The highest BCUT2D eigenvalue weighted by atomic mass is 19.4. The smallest absolute Gasteiger partial charge is 0.471 e. The number of fused-ring (bicyclic) bond motifs is 1. The van der Waals surface area contributed by atoms with Crippen LogP contribution in [0.15, 0.2) is 60.7 Å². The molecule has 3 aromatic rings. The molecule has 1 amide bonds. The van der Waals surface area contributed by atoms with Crippen LogP contribution < -0.4 is 10.1 Å². The van der Waals surface area contributed by atoms with E-state index in [2.05, 4.69) is 0 Å². The molecule has 3 rings (SSSR count). The SMILES string of the molecule is O=C(Oc1ccccc1)c1ccc2c(NC(=O)C(F)(F)F)cccc2c1O. The summed E-state index contributed by atoms with van der Waals surface area (Å²) in [6.45, 7) is 0. The summed E-state index contributed by atoms with van der Waals surface area (Å²) < 4.78 is 42.6. The molecular formula is C19H12F3NO4. The van der Waals surface area contributed by atoms with Crippen molar-refractivity contribution in [3.8, 4) is 11.5 Å². The molecule has 0 aliphatic rings. The van der Waals surface area contributed by atoms with Crippen molar-refractivity contribution in [1.82, 2.24) is 0 Å². The molecule has 3 aromatic carbocycles. The second kappa shape index (κ2) is 6.99. The van der Waals surface area contributed by atoms with E-state index in [1.807, 2.05) is 0 Å². The number of ether oxygens (including phenoxy) is 1. The van der Waals surface area contributed by atoms with Crippen LogP contribution in [0.5, 0.6) is 11.5 Å². The summed E-state index contributed by atoms with van der Waals surface area (Å²) >= 11 is 0. The van der Waals surface area contributed by atoms with Gasteiger partial charge in [0.2, 0.25) is 0 Å². The molecule has 138 valence electrons. The van der Waals surface area contributed by atoms with Crippen molar-refractivity contribution in [2.75, 3.05) is 5.32 Å². The lowest BCUT2D eigenvalue weighted by molar-refractivity contribution is -0.167. The first-order valence-electron chi connectivity index (χ1n) is 7.67. The number of nitrogens with one attached hydrogen (secondary N) is 1. The van der Waals surface area contributed by atoms with Crippen LogP contribution in [0.25, 0.3) is 10.8 Å². The van der Waals surface area contributed by atoms with E-state index in [4.69, 9.17) is 4.74 Å². The van der Waals surface area contributed by atoms with Crippen molar-refractivity contribution in [3.63, 3.8) is 0 Å². The number of carbonyl (C=O) groups excluding carboxylic acids is 2. The maximum absolute atomic E-state index is 12.5. The summed E-state index contributed by atoms with van der Waals surface area (Å²) in [7, 11) is 0. The van der Waals surface area contributed by atoms with Crippen LogP contribution in [-0.4, -0.2) is 23.2 Å². The fourth-order valence-corrected chi connectivity index (χ4v) is 2.46. The molecule has 27 heavy (non-hydrogen) atoms.